The molecule has 0 aromatic rings. The fourth-order valence-electron chi connectivity index (χ4n) is 1.48. The molecule has 0 aromatic carbocycles. The first-order chi connectivity index (χ1) is 8.62. The average molecular weight is 358 g/mol. The predicted octanol–water partition coefficient (Wildman–Crippen LogP) is 1.15. The molecule has 122 valence electrons. The molecule has 0 unspecified atom stereocenters. The molecule has 21 heavy (non-hydrogen) atoms. The van der Waals surface area contributed by atoms with Crippen LogP contribution < -0.4 is 34.4 Å². The minimum absolute atomic E-state index is 0. The maximum atomic E-state index is 12.0. The molecule has 0 spiro atoms. The van der Waals surface area contributed by atoms with Gasteiger partial charge in [0.1, 0.15) is 0 Å². The van der Waals surface area contributed by atoms with Crippen molar-refractivity contribution in [3.63, 3.8) is 0 Å². The molecule has 12 heteroatoms. The summed E-state index contributed by atoms with van der Waals surface area (Å²) in [5.41, 5.74) is 0. The van der Waals surface area contributed by atoms with Crippen molar-refractivity contribution in [3.05, 3.63) is 0 Å². The third-order valence-electron chi connectivity index (χ3n) is 2.59. The third kappa shape index (κ3) is 15.2. The summed E-state index contributed by atoms with van der Waals surface area (Å²) in [6.45, 7) is 0. The van der Waals surface area contributed by atoms with E-state index in [2.05, 4.69) is 0 Å². The topological polar surface area (TPSA) is 23.1 Å². The SMILES string of the molecule is [Na+].[O-][Si](CCC(F)(F)F)(CCC(F)(F)F)CCC(F)(F)F. The monoisotopic (exact) mass is 358 g/mol. The Morgan fingerprint density at radius 3 is 0.905 bits per heavy atom. The quantitative estimate of drug-likeness (QED) is 0.516. The van der Waals surface area contributed by atoms with Crippen molar-refractivity contribution in [2.75, 3.05) is 0 Å². The minimum Gasteiger partial charge on any atom is -0.858 e. The zero-order chi connectivity index (χ0) is 16.2. The van der Waals surface area contributed by atoms with Gasteiger partial charge in [0.25, 0.3) is 0 Å². The van der Waals surface area contributed by atoms with Crippen molar-refractivity contribution in [3.8, 4) is 0 Å². The summed E-state index contributed by atoms with van der Waals surface area (Å²) >= 11 is 0. The van der Waals surface area contributed by atoms with Gasteiger partial charge >= 0.3 is 48.1 Å². The summed E-state index contributed by atoms with van der Waals surface area (Å²) in [6.07, 6.45) is -19.2. The molecule has 1 nitrogen and oxygen atoms in total. The third-order valence-corrected chi connectivity index (χ3v) is 6.08. The molecule has 0 aliphatic rings. The molecule has 0 aliphatic carbocycles. The van der Waals surface area contributed by atoms with Crippen LogP contribution in [0.5, 0.6) is 0 Å². The van der Waals surface area contributed by atoms with Gasteiger partial charge in [0, 0.05) is 19.3 Å². The van der Waals surface area contributed by atoms with Crippen LogP contribution in [0, 0.1) is 0 Å². The summed E-state index contributed by atoms with van der Waals surface area (Å²) < 4.78 is 108. The Hall–Kier alpha value is 0.547. The van der Waals surface area contributed by atoms with Gasteiger partial charge in [0.05, 0.1) is 0 Å². The van der Waals surface area contributed by atoms with Gasteiger partial charge in [0.15, 0.2) is 0 Å². The van der Waals surface area contributed by atoms with E-state index >= 15 is 0 Å². The maximum absolute atomic E-state index is 12.0. The molecule has 0 radical (unpaired) electrons. The Labute approximate surface area is 138 Å². The fourth-order valence-corrected chi connectivity index (χ4v) is 4.45. The van der Waals surface area contributed by atoms with Crippen molar-refractivity contribution in [1.29, 1.82) is 0 Å². The van der Waals surface area contributed by atoms with Crippen LogP contribution in [-0.4, -0.2) is 26.8 Å². The van der Waals surface area contributed by atoms with E-state index in [1.807, 2.05) is 0 Å². The summed E-state index contributed by atoms with van der Waals surface area (Å²) in [5, 5.41) is 0. The number of alkyl halides is 9. The molecule has 0 amide bonds. The second kappa shape index (κ2) is 8.41. The van der Waals surface area contributed by atoms with Gasteiger partial charge in [-0.3, -0.25) is 0 Å². The molecule has 0 aliphatic heterocycles. The van der Waals surface area contributed by atoms with Crippen LogP contribution in [0.4, 0.5) is 39.5 Å². The van der Waals surface area contributed by atoms with E-state index in [9.17, 15) is 44.3 Å². The van der Waals surface area contributed by atoms with Gasteiger partial charge in [0.2, 0.25) is 0 Å². The van der Waals surface area contributed by atoms with Crippen LogP contribution in [0.2, 0.25) is 18.1 Å². The largest absolute Gasteiger partial charge is 1.00 e. The van der Waals surface area contributed by atoms with Crippen LogP contribution in [0.15, 0.2) is 0 Å². The average Bonchev–Trinajstić information content (AvgIpc) is 2.18. The predicted molar refractivity (Wildman–Crippen MR) is 52.2 cm³/mol. The number of rotatable bonds is 6. The number of hydrogen-bond donors (Lipinski definition) is 0. The number of halogens is 9. The first-order valence-corrected chi connectivity index (χ1v) is 8.06. The molecule has 0 atom stereocenters. The van der Waals surface area contributed by atoms with Crippen molar-refractivity contribution in [2.24, 2.45) is 0 Å². The van der Waals surface area contributed by atoms with E-state index in [0.717, 1.165) is 0 Å². The Morgan fingerprint density at radius 1 is 0.571 bits per heavy atom. The van der Waals surface area contributed by atoms with E-state index < -0.39 is 64.2 Å². The van der Waals surface area contributed by atoms with Crippen molar-refractivity contribution in [2.45, 2.75) is 55.9 Å². The van der Waals surface area contributed by atoms with Crippen LogP contribution in [-0.2, 0) is 0 Å². The van der Waals surface area contributed by atoms with Gasteiger partial charge in [-0.1, -0.05) is 18.1 Å². The van der Waals surface area contributed by atoms with Crippen LogP contribution >= 0.6 is 0 Å². The van der Waals surface area contributed by atoms with E-state index in [0.29, 0.717) is 0 Å². The maximum Gasteiger partial charge on any atom is 1.00 e. The standard InChI is InChI=1S/C9H12F9OSi.Na/c10-7(11,12)1-4-20(19,5-2-8(13,14)15)6-3-9(16,17)18;/h1-6H2;/q-1;+1. The molecule has 0 fully saturated rings. The summed E-state index contributed by atoms with van der Waals surface area (Å²) in [6, 6.07) is -3.49. The first kappa shape index (κ1) is 23.8. The molecular weight excluding hydrogens is 346 g/mol. The molecule has 0 heterocycles. The molecule has 0 rings (SSSR count). The second-order valence-electron chi connectivity index (χ2n) is 4.53. The molecular formula is C9H12F9NaOSi. The summed E-state index contributed by atoms with van der Waals surface area (Å²) in [4.78, 5) is 11.9. The van der Waals surface area contributed by atoms with Crippen LogP contribution in [0.3, 0.4) is 0 Å². The van der Waals surface area contributed by atoms with Crippen molar-refractivity contribution < 1.29 is 73.9 Å². The summed E-state index contributed by atoms with van der Waals surface area (Å²) in [7, 11) is -4.49. The van der Waals surface area contributed by atoms with Gasteiger partial charge in [-0.15, -0.1) is 0 Å². The Bertz CT molecular complexity index is 254. The van der Waals surface area contributed by atoms with Crippen molar-refractivity contribution in [1.82, 2.24) is 0 Å². The van der Waals surface area contributed by atoms with E-state index in [1.54, 1.807) is 0 Å². The fraction of sp³-hybridized carbons (Fsp3) is 1.00. The smallest absolute Gasteiger partial charge is 0.858 e. The minimum atomic E-state index is -4.76. The molecule has 0 saturated carbocycles. The van der Waals surface area contributed by atoms with Crippen LogP contribution in [0.25, 0.3) is 0 Å². The Balaban J connectivity index is 0. The Kier molecular flexibility index (Phi) is 9.54. The van der Waals surface area contributed by atoms with Crippen molar-refractivity contribution >= 4 is 8.32 Å². The normalized spacial score (nSPS) is 14.0. The van der Waals surface area contributed by atoms with Gasteiger partial charge in [-0.05, 0) is 8.32 Å². The number of hydrogen-bond acceptors (Lipinski definition) is 1. The molecule has 0 saturated heterocycles. The zero-order valence-corrected chi connectivity index (χ0v) is 14.1. The van der Waals surface area contributed by atoms with E-state index in [1.165, 1.54) is 0 Å². The zero-order valence-electron chi connectivity index (χ0n) is 11.1. The van der Waals surface area contributed by atoms with Crippen LogP contribution in [0.1, 0.15) is 19.3 Å². The van der Waals surface area contributed by atoms with E-state index in [-0.39, 0.29) is 29.6 Å². The van der Waals surface area contributed by atoms with Gasteiger partial charge in [-0.25, -0.2) is 0 Å². The molecule has 0 N–H and O–H groups in total. The summed E-state index contributed by atoms with van der Waals surface area (Å²) in [5.74, 6) is 0. The van der Waals surface area contributed by atoms with Gasteiger partial charge in [-0.2, -0.15) is 39.5 Å². The molecule has 0 bridgehead atoms. The first-order valence-electron chi connectivity index (χ1n) is 5.53. The second-order valence-corrected chi connectivity index (χ2v) is 8.39. The Morgan fingerprint density at radius 2 is 0.762 bits per heavy atom. The van der Waals surface area contributed by atoms with E-state index in [4.69, 9.17) is 0 Å². The van der Waals surface area contributed by atoms with Gasteiger partial charge < -0.3 is 4.80 Å². The molecule has 0 aromatic heterocycles.